The third kappa shape index (κ3) is 4.62. The van der Waals surface area contributed by atoms with Gasteiger partial charge in [-0.1, -0.05) is 5.16 Å². The lowest BCUT2D eigenvalue weighted by molar-refractivity contribution is 0.262. The molecule has 0 unspecified atom stereocenters. The highest BCUT2D eigenvalue weighted by molar-refractivity contribution is 7.92. The van der Waals surface area contributed by atoms with Gasteiger partial charge in [0.25, 0.3) is 10.0 Å². The van der Waals surface area contributed by atoms with Gasteiger partial charge in [0.05, 0.1) is 10.6 Å². The van der Waals surface area contributed by atoms with Crippen LogP contribution in [0.15, 0.2) is 57.9 Å². The van der Waals surface area contributed by atoms with E-state index in [4.69, 9.17) is 4.52 Å². The highest BCUT2D eigenvalue weighted by Gasteiger charge is 2.16. The molecule has 1 aromatic heterocycles. The standard InChI is InChI=1S/C17H14F2N4O4S/c1-10-8-16(22-27-10)23-28(25,26)13-5-3-12(4-6-13)20-17(24)21-15-7-2-11(18)9-14(15)19/h2-9H,1H3,(H,22,23)(H2,20,21,24). The smallest absolute Gasteiger partial charge is 0.323 e. The zero-order chi connectivity index (χ0) is 20.3. The summed E-state index contributed by atoms with van der Waals surface area (Å²) in [5.74, 6) is -1.21. The predicted octanol–water partition coefficient (Wildman–Crippen LogP) is 3.71. The molecule has 0 bridgehead atoms. The summed E-state index contributed by atoms with van der Waals surface area (Å²) >= 11 is 0. The number of nitrogens with zero attached hydrogens (tertiary/aromatic N) is 1. The Labute approximate surface area is 158 Å². The van der Waals surface area contributed by atoms with E-state index < -0.39 is 27.7 Å². The molecule has 28 heavy (non-hydrogen) atoms. The Bertz CT molecular complexity index is 1110. The first-order chi connectivity index (χ1) is 13.2. The summed E-state index contributed by atoms with van der Waals surface area (Å²) in [6.07, 6.45) is 0. The number of amides is 2. The highest BCUT2D eigenvalue weighted by atomic mass is 32.2. The molecule has 2 amide bonds. The number of aryl methyl sites for hydroxylation is 1. The largest absolute Gasteiger partial charge is 0.360 e. The van der Waals surface area contributed by atoms with Crippen molar-refractivity contribution in [2.24, 2.45) is 0 Å². The van der Waals surface area contributed by atoms with Crippen LogP contribution in [0.1, 0.15) is 5.76 Å². The second kappa shape index (κ2) is 7.64. The van der Waals surface area contributed by atoms with Crippen LogP contribution in [0.2, 0.25) is 0 Å². The van der Waals surface area contributed by atoms with Crippen LogP contribution in [0.3, 0.4) is 0 Å². The van der Waals surface area contributed by atoms with Gasteiger partial charge in [-0.15, -0.1) is 0 Å². The molecule has 0 aliphatic carbocycles. The molecule has 146 valence electrons. The third-order valence-corrected chi connectivity index (χ3v) is 4.84. The van der Waals surface area contributed by atoms with Crippen molar-refractivity contribution >= 4 is 33.2 Å². The average Bonchev–Trinajstić information content (AvgIpc) is 3.02. The van der Waals surface area contributed by atoms with Gasteiger partial charge in [-0.2, -0.15) is 0 Å². The van der Waals surface area contributed by atoms with E-state index in [0.29, 0.717) is 11.8 Å². The molecule has 8 nitrogen and oxygen atoms in total. The van der Waals surface area contributed by atoms with Crippen molar-refractivity contribution in [1.29, 1.82) is 0 Å². The Morgan fingerprint density at radius 3 is 2.36 bits per heavy atom. The Hall–Kier alpha value is -3.47. The zero-order valence-corrected chi connectivity index (χ0v) is 15.2. The quantitative estimate of drug-likeness (QED) is 0.596. The Kier molecular flexibility index (Phi) is 5.27. The van der Waals surface area contributed by atoms with Crippen LogP contribution in [0.5, 0.6) is 0 Å². The molecular weight excluding hydrogens is 394 g/mol. The number of aromatic nitrogens is 1. The van der Waals surface area contributed by atoms with Crippen LogP contribution < -0.4 is 15.4 Å². The van der Waals surface area contributed by atoms with E-state index >= 15 is 0 Å². The molecule has 3 aromatic rings. The number of halogens is 2. The van der Waals surface area contributed by atoms with E-state index in [1.54, 1.807) is 6.92 Å². The van der Waals surface area contributed by atoms with Crippen molar-refractivity contribution in [3.8, 4) is 0 Å². The average molecular weight is 408 g/mol. The first-order valence-electron chi connectivity index (χ1n) is 7.82. The van der Waals surface area contributed by atoms with E-state index in [2.05, 4.69) is 20.5 Å². The van der Waals surface area contributed by atoms with Crippen LogP contribution in [-0.2, 0) is 10.0 Å². The summed E-state index contributed by atoms with van der Waals surface area (Å²) < 4.78 is 58.0. The second-order valence-electron chi connectivity index (χ2n) is 5.66. The molecule has 0 fully saturated rings. The molecule has 0 spiro atoms. The second-order valence-corrected chi connectivity index (χ2v) is 7.34. The maximum Gasteiger partial charge on any atom is 0.323 e. The molecule has 0 aliphatic heterocycles. The normalized spacial score (nSPS) is 11.1. The molecule has 2 aromatic carbocycles. The van der Waals surface area contributed by atoms with Crippen molar-refractivity contribution in [3.05, 3.63) is 65.9 Å². The fourth-order valence-corrected chi connectivity index (χ4v) is 3.19. The van der Waals surface area contributed by atoms with Crippen LogP contribution >= 0.6 is 0 Å². The van der Waals surface area contributed by atoms with Gasteiger partial charge < -0.3 is 15.2 Å². The molecule has 3 N–H and O–H groups in total. The fraction of sp³-hybridized carbons (Fsp3) is 0.0588. The lowest BCUT2D eigenvalue weighted by atomic mass is 10.3. The minimum Gasteiger partial charge on any atom is -0.360 e. The van der Waals surface area contributed by atoms with E-state index in [-0.39, 0.29) is 22.1 Å². The molecule has 0 aliphatic rings. The number of nitrogens with one attached hydrogen (secondary N) is 3. The van der Waals surface area contributed by atoms with Gasteiger partial charge in [0.15, 0.2) is 5.82 Å². The minimum absolute atomic E-state index is 0.0420. The molecule has 11 heteroatoms. The van der Waals surface area contributed by atoms with Gasteiger partial charge in [0, 0.05) is 17.8 Å². The number of sulfonamides is 1. The van der Waals surface area contributed by atoms with Crippen LogP contribution in [0.4, 0.5) is 30.8 Å². The Morgan fingerprint density at radius 1 is 1.04 bits per heavy atom. The molecular formula is C17H14F2N4O4S. The van der Waals surface area contributed by atoms with E-state index in [9.17, 15) is 22.0 Å². The Balaban J connectivity index is 1.66. The topological polar surface area (TPSA) is 113 Å². The summed E-state index contributed by atoms with van der Waals surface area (Å²) in [4.78, 5) is 11.8. The summed E-state index contributed by atoms with van der Waals surface area (Å²) in [5.41, 5.74) is 0.0569. The summed E-state index contributed by atoms with van der Waals surface area (Å²) in [5, 5.41) is 8.19. The van der Waals surface area contributed by atoms with Gasteiger partial charge in [0.1, 0.15) is 17.4 Å². The summed E-state index contributed by atoms with van der Waals surface area (Å²) in [6.45, 7) is 1.62. The van der Waals surface area contributed by atoms with Crippen LogP contribution in [0, 0.1) is 18.6 Å². The number of anilines is 3. The summed E-state index contributed by atoms with van der Waals surface area (Å²) in [6, 6.07) is 8.60. The lowest BCUT2D eigenvalue weighted by Crippen LogP contribution is -2.20. The number of carbonyl (C=O) groups is 1. The van der Waals surface area contributed by atoms with Gasteiger partial charge >= 0.3 is 6.03 Å². The van der Waals surface area contributed by atoms with Gasteiger partial charge in [0.2, 0.25) is 0 Å². The zero-order valence-electron chi connectivity index (χ0n) is 14.4. The lowest BCUT2D eigenvalue weighted by Gasteiger charge is -2.09. The van der Waals surface area contributed by atoms with Gasteiger partial charge in [-0.25, -0.2) is 22.0 Å². The maximum absolute atomic E-state index is 13.5. The number of hydrogen-bond acceptors (Lipinski definition) is 5. The molecule has 3 rings (SSSR count). The number of urea groups is 1. The van der Waals surface area contributed by atoms with Gasteiger partial charge in [-0.3, -0.25) is 4.72 Å². The highest BCUT2D eigenvalue weighted by Crippen LogP contribution is 2.19. The first kappa shape index (κ1) is 19.3. The van der Waals surface area contributed by atoms with Crippen molar-refractivity contribution in [1.82, 2.24) is 5.16 Å². The molecule has 1 heterocycles. The Morgan fingerprint density at radius 2 is 1.75 bits per heavy atom. The SMILES string of the molecule is Cc1cc(NS(=O)(=O)c2ccc(NC(=O)Nc3ccc(F)cc3F)cc2)no1. The van der Waals surface area contributed by atoms with Crippen LogP contribution in [0.25, 0.3) is 0 Å². The van der Waals surface area contributed by atoms with Crippen LogP contribution in [-0.4, -0.2) is 19.6 Å². The number of rotatable bonds is 5. The first-order valence-corrected chi connectivity index (χ1v) is 9.30. The minimum atomic E-state index is -3.89. The number of hydrogen-bond donors (Lipinski definition) is 3. The van der Waals surface area contributed by atoms with Crippen molar-refractivity contribution in [2.45, 2.75) is 11.8 Å². The maximum atomic E-state index is 13.5. The molecule has 0 radical (unpaired) electrons. The monoisotopic (exact) mass is 408 g/mol. The van der Waals surface area contributed by atoms with E-state index in [0.717, 1.165) is 12.1 Å². The van der Waals surface area contributed by atoms with Crippen molar-refractivity contribution in [2.75, 3.05) is 15.4 Å². The predicted molar refractivity (Wildman–Crippen MR) is 97.5 cm³/mol. The van der Waals surface area contributed by atoms with Gasteiger partial charge in [-0.05, 0) is 43.3 Å². The number of carbonyl (C=O) groups excluding carboxylic acids is 1. The molecule has 0 saturated heterocycles. The molecule has 0 saturated carbocycles. The third-order valence-electron chi connectivity index (χ3n) is 3.47. The van der Waals surface area contributed by atoms with Crippen molar-refractivity contribution in [3.63, 3.8) is 0 Å². The summed E-state index contributed by atoms with van der Waals surface area (Å²) in [7, 11) is -3.89. The fourth-order valence-electron chi connectivity index (χ4n) is 2.20. The van der Waals surface area contributed by atoms with E-state index in [1.807, 2.05) is 0 Å². The van der Waals surface area contributed by atoms with E-state index in [1.165, 1.54) is 30.3 Å². The van der Waals surface area contributed by atoms with Crippen molar-refractivity contribution < 1.29 is 26.5 Å². The number of benzene rings is 2. The molecule has 0 atom stereocenters.